The van der Waals surface area contributed by atoms with Crippen molar-refractivity contribution in [2.45, 2.75) is 6.04 Å². The van der Waals surface area contributed by atoms with Gasteiger partial charge in [0.25, 0.3) is 0 Å². The van der Waals surface area contributed by atoms with Gasteiger partial charge in [-0.2, -0.15) is 0 Å². The maximum absolute atomic E-state index is 11.4. The Balaban J connectivity index is 2.47. The molecule has 3 N–H and O–H groups in total. The van der Waals surface area contributed by atoms with Gasteiger partial charge in [-0.1, -0.05) is 17.7 Å². The first-order valence-corrected chi connectivity index (χ1v) is 6.05. The summed E-state index contributed by atoms with van der Waals surface area (Å²) in [6.07, 6.45) is 0. The van der Waals surface area contributed by atoms with Crippen molar-refractivity contribution in [3.63, 3.8) is 0 Å². The third-order valence-corrected chi connectivity index (χ3v) is 3.29. The number of anilines is 1. The van der Waals surface area contributed by atoms with Gasteiger partial charge in [-0.05, 0) is 12.1 Å². The standard InChI is InChI=1S/C12H13ClN2O4/c13-7-2-1-3-8(10(7)12(17)18)15-4-5-19-6-9(15)11(14)16/h1-3,9H,4-6H2,(H2,14,16)(H,17,18). The van der Waals surface area contributed by atoms with Crippen LogP contribution in [0.4, 0.5) is 5.69 Å². The summed E-state index contributed by atoms with van der Waals surface area (Å²) in [6, 6.07) is 4.05. The van der Waals surface area contributed by atoms with Gasteiger partial charge >= 0.3 is 5.97 Å². The number of halogens is 1. The fourth-order valence-corrected chi connectivity index (χ4v) is 2.34. The van der Waals surface area contributed by atoms with Crippen molar-refractivity contribution < 1.29 is 19.4 Å². The molecule has 1 aromatic rings. The zero-order chi connectivity index (χ0) is 14.0. The van der Waals surface area contributed by atoms with Gasteiger partial charge < -0.3 is 20.5 Å². The molecule has 1 unspecified atom stereocenters. The summed E-state index contributed by atoms with van der Waals surface area (Å²) in [5, 5.41) is 9.37. The topological polar surface area (TPSA) is 92.9 Å². The third-order valence-electron chi connectivity index (χ3n) is 2.97. The molecule has 1 aliphatic rings. The number of primary amides is 1. The van der Waals surface area contributed by atoms with Crippen molar-refractivity contribution in [1.82, 2.24) is 0 Å². The number of hydrogen-bond acceptors (Lipinski definition) is 4. The molecule has 6 nitrogen and oxygen atoms in total. The van der Waals surface area contributed by atoms with Gasteiger partial charge in [0, 0.05) is 6.54 Å². The summed E-state index contributed by atoms with van der Waals surface area (Å²) in [6.45, 7) is 0.921. The number of carbonyl (C=O) groups is 2. The molecule has 19 heavy (non-hydrogen) atoms. The summed E-state index contributed by atoms with van der Waals surface area (Å²) in [7, 11) is 0. The Kier molecular flexibility index (Phi) is 3.92. The lowest BCUT2D eigenvalue weighted by molar-refractivity contribution is -0.121. The number of hydrogen-bond donors (Lipinski definition) is 2. The van der Waals surface area contributed by atoms with Crippen molar-refractivity contribution in [3.05, 3.63) is 28.8 Å². The fraction of sp³-hybridized carbons (Fsp3) is 0.333. The first-order chi connectivity index (χ1) is 9.02. The van der Waals surface area contributed by atoms with E-state index in [-0.39, 0.29) is 17.2 Å². The Morgan fingerprint density at radius 2 is 2.21 bits per heavy atom. The Labute approximate surface area is 114 Å². The molecule has 1 aromatic carbocycles. The van der Waals surface area contributed by atoms with Crippen LogP contribution in [0.15, 0.2) is 18.2 Å². The van der Waals surface area contributed by atoms with Crippen LogP contribution < -0.4 is 10.6 Å². The van der Waals surface area contributed by atoms with Gasteiger partial charge in [0.15, 0.2) is 0 Å². The van der Waals surface area contributed by atoms with Crippen LogP contribution >= 0.6 is 11.6 Å². The lowest BCUT2D eigenvalue weighted by Crippen LogP contribution is -2.53. The van der Waals surface area contributed by atoms with Gasteiger partial charge in [-0.25, -0.2) is 4.79 Å². The van der Waals surface area contributed by atoms with Crippen LogP contribution in [0.5, 0.6) is 0 Å². The molecule has 1 saturated heterocycles. The Bertz CT molecular complexity index is 520. The van der Waals surface area contributed by atoms with Crippen molar-refractivity contribution >= 4 is 29.2 Å². The first kappa shape index (κ1) is 13.6. The molecule has 0 aliphatic carbocycles. The van der Waals surface area contributed by atoms with Gasteiger partial charge in [-0.3, -0.25) is 4.79 Å². The number of carboxylic acid groups (broad SMARTS) is 1. The second kappa shape index (κ2) is 5.46. The maximum Gasteiger partial charge on any atom is 0.339 e. The number of carbonyl (C=O) groups excluding carboxylic acids is 1. The molecule has 7 heteroatoms. The average molecular weight is 285 g/mol. The van der Waals surface area contributed by atoms with E-state index in [9.17, 15) is 14.7 Å². The van der Waals surface area contributed by atoms with Gasteiger partial charge in [0.05, 0.1) is 23.9 Å². The van der Waals surface area contributed by atoms with Gasteiger partial charge in [-0.15, -0.1) is 0 Å². The van der Waals surface area contributed by atoms with Crippen LogP contribution in [0.3, 0.4) is 0 Å². The van der Waals surface area contributed by atoms with Gasteiger partial charge in [0.2, 0.25) is 5.91 Å². The first-order valence-electron chi connectivity index (χ1n) is 5.68. The van der Waals surface area contributed by atoms with E-state index in [0.29, 0.717) is 18.8 Å². The number of ether oxygens (including phenoxy) is 1. The minimum Gasteiger partial charge on any atom is -0.478 e. The highest BCUT2D eigenvalue weighted by Crippen LogP contribution is 2.29. The van der Waals surface area contributed by atoms with Crippen molar-refractivity contribution in [3.8, 4) is 0 Å². The summed E-state index contributed by atoms with van der Waals surface area (Å²) in [5.41, 5.74) is 5.67. The molecule has 1 amide bonds. The largest absolute Gasteiger partial charge is 0.478 e. The lowest BCUT2D eigenvalue weighted by Gasteiger charge is -2.36. The predicted octanol–water partition coefficient (Wildman–Crippen LogP) is 0.729. The molecule has 1 aliphatic heterocycles. The molecule has 0 aromatic heterocycles. The van der Waals surface area contributed by atoms with Crippen LogP contribution in [-0.2, 0) is 9.53 Å². The smallest absolute Gasteiger partial charge is 0.339 e. The highest BCUT2D eigenvalue weighted by atomic mass is 35.5. The number of morpholine rings is 1. The summed E-state index contributed by atoms with van der Waals surface area (Å²) >= 11 is 5.92. The molecule has 0 bridgehead atoms. The van der Waals surface area contributed by atoms with Crippen LogP contribution in [0.2, 0.25) is 5.02 Å². The Morgan fingerprint density at radius 1 is 1.47 bits per heavy atom. The van der Waals surface area contributed by atoms with Crippen molar-refractivity contribution in [1.29, 1.82) is 0 Å². The highest BCUT2D eigenvalue weighted by molar-refractivity contribution is 6.34. The molecule has 0 saturated carbocycles. The number of nitrogens with zero attached hydrogens (tertiary/aromatic N) is 1. The lowest BCUT2D eigenvalue weighted by atomic mass is 10.1. The molecule has 0 radical (unpaired) electrons. The number of rotatable bonds is 3. The van der Waals surface area contributed by atoms with E-state index in [0.717, 1.165) is 0 Å². The normalized spacial score (nSPS) is 19.2. The molecule has 102 valence electrons. The summed E-state index contributed by atoms with van der Waals surface area (Å²) < 4.78 is 5.20. The van der Waals surface area contributed by atoms with Gasteiger partial charge in [0.1, 0.15) is 11.6 Å². The minimum atomic E-state index is -1.14. The third kappa shape index (κ3) is 2.64. The summed E-state index contributed by atoms with van der Waals surface area (Å²) in [5.74, 6) is -1.70. The average Bonchev–Trinajstić information content (AvgIpc) is 2.37. The van der Waals surface area contributed by atoms with E-state index < -0.39 is 17.9 Å². The molecular formula is C12H13ClN2O4. The maximum atomic E-state index is 11.4. The fourth-order valence-electron chi connectivity index (χ4n) is 2.09. The van der Waals surface area contributed by atoms with E-state index in [1.165, 1.54) is 6.07 Å². The zero-order valence-corrected chi connectivity index (χ0v) is 10.8. The van der Waals surface area contributed by atoms with Crippen LogP contribution in [0.1, 0.15) is 10.4 Å². The van der Waals surface area contributed by atoms with E-state index in [2.05, 4.69) is 0 Å². The van der Waals surface area contributed by atoms with Crippen LogP contribution in [0.25, 0.3) is 0 Å². The molecule has 1 heterocycles. The van der Waals surface area contributed by atoms with E-state index >= 15 is 0 Å². The van der Waals surface area contributed by atoms with Crippen LogP contribution in [0, 0.1) is 0 Å². The molecular weight excluding hydrogens is 272 g/mol. The van der Waals surface area contributed by atoms with E-state index in [4.69, 9.17) is 22.1 Å². The Hall–Kier alpha value is -1.79. The number of nitrogens with two attached hydrogens (primary N) is 1. The van der Waals surface area contributed by atoms with Crippen LogP contribution in [-0.4, -0.2) is 42.8 Å². The number of aromatic carboxylic acids is 1. The van der Waals surface area contributed by atoms with Crippen molar-refractivity contribution in [2.75, 3.05) is 24.7 Å². The molecule has 2 rings (SSSR count). The minimum absolute atomic E-state index is 0.0303. The second-order valence-electron chi connectivity index (χ2n) is 4.13. The van der Waals surface area contributed by atoms with E-state index in [1.54, 1.807) is 17.0 Å². The number of carboxylic acids is 1. The quantitative estimate of drug-likeness (QED) is 0.853. The monoisotopic (exact) mass is 284 g/mol. The Morgan fingerprint density at radius 3 is 2.84 bits per heavy atom. The molecule has 1 atom stereocenters. The molecule has 0 spiro atoms. The van der Waals surface area contributed by atoms with E-state index in [1.807, 2.05) is 0 Å². The van der Waals surface area contributed by atoms with Crippen molar-refractivity contribution in [2.24, 2.45) is 5.73 Å². The zero-order valence-electron chi connectivity index (χ0n) is 10.0. The number of benzene rings is 1. The molecule has 1 fully saturated rings. The number of amides is 1. The second-order valence-corrected chi connectivity index (χ2v) is 4.53. The SMILES string of the molecule is NC(=O)C1COCCN1c1cccc(Cl)c1C(=O)O. The predicted molar refractivity (Wildman–Crippen MR) is 69.6 cm³/mol. The highest BCUT2D eigenvalue weighted by Gasteiger charge is 2.31. The summed E-state index contributed by atoms with van der Waals surface area (Å²) in [4.78, 5) is 24.4.